The van der Waals surface area contributed by atoms with Crippen LogP contribution in [0.15, 0.2) is 35.4 Å². The maximum absolute atomic E-state index is 11.7. The molecule has 0 heterocycles. The number of carbonyl (C=O) groups is 2. The van der Waals surface area contributed by atoms with Crippen molar-refractivity contribution >= 4 is 23.2 Å². The van der Waals surface area contributed by atoms with Crippen LogP contribution in [0.1, 0.15) is 40.5 Å². The van der Waals surface area contributed by atoms with E-state index in [2.05, 4.69) is 15.8 Å². The van der Waals surface area contributed by atoms with E-state index in [9.17, 15) is 9.59 Å². The number of hydrogen-bond donors (Lipinski definition) is 2. The third kappa shape index (κ3) is 6.70. The number of benzene rings is 1. The van der Waals surface area contributed by atoms with Crippen molar-refractivity contribution in [3.05, 3.63) is 30.3 Å². The average Bonchev–Trinajstić information content (AvgIpc) is 2.42. The number of hydrazone groups is 1. The third-order valence-electron chi connectivity index (χ3n) is 3.07. The Labute approximate surface area is 125 Å². The van der Waals surface area contributed by atoms with E-state index in [0.29, 0.717) is 0 Å². The van der Waals surface area contributed by atoms with Gasteiger partial charge in [-0.05, 0) is 19.1 Å². The molecule has 0 saturated carbocycles. The summed E-state index contributed by atoms with van der Waals surface area (Å²) in [5, 5.41) is 6.77. The van der Waals surface area contributed by atoms with E-state index in [1.807, 2.05) is 45.9 Å². The highest BCUT2D eigenvalue weighted by Crippen LogP contribution is 2.14. The van der Waals surface area contributed by atoms with Crippen LogP contribution in [0.25, 0.3) is 0 Å². The summed E-state index contributed by atoms with van der Waals surface area (Å²) in [6, 6.07) is 9.15. The molecule has 0 fully saturated rings. The van der Waals surface area contributed by atoms with E-state index < -0.39 is 0 Å². The number of para-hydroxylation sites is 1. The molecular weight excluding hydrogens is 266 g/mol. The van der Waals surface area contributed by atoms with Gasteiger partial charge in [-0.15, -0.1) is 0 Å². The van der Waals surface area contributed by atoms with Crippen LogP contribution in [-0.4, -0.2) is 17.5 Å². The predicted octanol–water partition coefficient (Wildman–Crippen LogP) is 2.94. The van der Waals surface area contributed by atoms with Gasteiger partial charge in [-0.2, -0.15) is 5.10 Å². The number of rotatable bonds is 5. The molecule has 0 spiro atoms. The fourth-order valence-electron chi connectivity index (χ4n) is 1.34. The van der Waals surface area contributed by atoms with Crippen LogP contribution in [0.4, 0.5) is 5.69 Å². The molecule has 1 rings (SSSR count). The molecule has 0 aliphatic heterocycles. The zero-order chi connectivity index (χ0) is 15.9. The summed E-state index contributed by atoms with van der Waals surface area (Å²) in [7, 11) is 0. The van der Waals surface area contributed by atoms with Gasteiger partial charge in [0, 0.05) is 29.7 Å². The summed E-state index contributed by atoms with van der Waals surface area (Å²) in [6.07, 6.45) is 0.240. The maximum Gasteiger partial charge on any atom is 0.240 e. The highest BCUT2D eigenvalue weighted by atomic mass is 16.2. The smallest absolute Gasteiger partial charge is 0.240 e. The fourth-order valence-corrected chi connectivity index (χ4v) is 1.34. The van der Waals surface area contributed by atoms with Crippen molar-refractivity contribution in [2.24, 2.45) is 10.5 Å². The average molecular weight is 289 g/mol. The summed E-state index contributed by atoms with van der Waals surface area (Å²) < 4.78 is 0. The van der Waals surface area contributed by atoms with Gasteiger partial charge in [0.1, 0.15) is 0 Å². The van der Waals surface area contributed by atoms with Crippen molar-refractivity contribution in [2.45, 2.75) is 40.5 Å². The molecule has 5 heteroatoms. The zero-order valence-electron chi connectivity index (χ0n) is 13.1. The summed E-state index contributed by atoms with van der Waals surface area (Å²) in [5.74, 6) is -0.449. The molecule has 0 unspecified atom stereocenters. The molecule has 0 aliphatic carbocycles. The topological polar surface area (TPSA) is 70.6 Å². The fraction of sp³-hybridized carbons (Fsp3) is 0.438. The zero-order valence-corrected chi connectivity index (χ0v) is 13.1. The van der Waals surface area contributed by atoms with Crippen molar-refractivity contribution in [1.82, 2.24) is 5.43 Å². The normalized spacial score (nSPS) is 11.9. The minimum absolute atomic E-state index is 0.0854. The largest absolute Gasteiger partial charge is 0.326 e. The van der Waals surface area contributed by atoms with Crippen LogP contribution in [-0.2, 0) is 9.59 Å². The van der Waals surface area contributed by atoms with Crippen molar-refractivity contribution in [3.8, 4) is 0 Å². The van der Waals surface area contributed by atoms with Crippen LogP contribution in [0.5, 0.6) is 0 Å². The minimum atomic E-state index is -0.262. The van der Waals surface area contributed by atoms with Gasteiger partial charge < -0.3 is 5.32 Å². The third-order valence-corrected chi connectivity index (χ3v) is 3.07. The van der Waals surface area contributed by atoms with Crippen molar-refractivity contribution in [3.63, 3.8) is 0 Å². The quantitative estimate of drug-likeness (QED) is 0.646. The Bertz CT molecular complexity index is 516. The molecular formula is C16H23N3O2. The van der Waals surface area contributed by atoms with Crippen LogP contribution in [0.3, 0.4) is 0 Å². The second-order valence-corrected chi connectivity index (χ2v) is 5.90. The van der Waals surface area contributed by atoms with Crippen molar-refractivity contribution < 1.29 is 9.59 Å². The Balaban J connectivity index is 2.35. The van der Waals surface area contributed by atoms with Crippen LogP contribution >= 0.6 is 0 Å². The summed E-state index contributed by atoms with van der Waals surface area (Å²) in [4.78, 5) is 23.3. The number of nitrogens with one attached hydrogen (secondary N) is 2. The number of hydrogen-bond acceptors (Lipinski definition) is 3. The second kappa shape index (κ2) is 7.57. The molecule has 114 valence electrons. The highest BCUT2D eigenvalue weighted by molar-refractivity contribution is 5.93. The van der Waals surface area contributed by atoms with E-state index >= 15 is 0 Å². The molecule has 0 bridgehead atoms. The Morgan fingerprint density at radius 1 is 1.05 bits per heavy atom. The molecule has 0 aliphatic rings. The molecule has 1 aromatic rings. The molecule has 2 N–H and O–H groups in total. The predicted molar refractivity (Wildman–Crippen MR) is 85.0 cm³/mol. The Morgan fingerprint density at radius 3 is 2.19 bits per heavy atom. The van der Waals surface area contributed by atoms with E-state index in [-0.39, 0.29) is 30.1 Å². The second-order valence-electron chi connectivity index (χ2n) is 5.90. The molecule has 2 amide bonds. The lowest BCUT2D eigenvalue weighted by molar-refractivity contribution is -0.124. The highest BCUT2D eigenvalue weighted by Gasteiger charge is 2.14. The first-order valence-electron chi connectivity index (χ1n) is 6.97. The Morgan fingerprint density at radius 2 is 1.62 bits per heavy atom. The Kier molecular flexibility index (Phi) is 6.09. The maximum atomic E-state index is 11.7. The van der Waals surface area contributed by atoms with Gasteiger partial charge in [0.05, 0.1) is 0 Å². The standard InChI is InChI=1S/C16H23N3O2/c1-12(16(2,3)4)18-19-15(21)11-10-14(20)17-13-8-6-5-7-9-13/h5-9H,10-11H2,1-4H3,(H,17,20)(H,19,21)/b18-12-. The number of carbonyl (C=O) groups excluding carboxylic acids is 2. The van der Waals surface area contributed by atoms with E-state index in [1.165, 1.54) is 0 Å². The van der Waals surface area contributed by atoms with E-state index in [1.54, 1.807) is 12.1 Å². The van der Waals surface area contributed by atoms with E-state index in [0.717, 1.165) is 11.4 Å². The first kappa shape index (κ1) is 16.9. The summed E-state index contributed by atoms with van der Waals surface area (Å²) in [6.45, 7) is 7.92. The van der Waals surface area contributed by atoms with Crippen molar-refractivity contribution in [2.75, 3.05) is 5.32 Å². The van der Waals surface area contributed by atoms with Crippen LogP contribution in [0, 0.1) is 5.41 Å². The van der Waals surface area contributed by atoms with Gasteiger partial charge in [0.2, 0.25) is 11.8 Å². The minimum Gasteiger partial charge on any atom is -0.326 e. The lowest BCUT2D eigenvalue weighted by Crippen LogP contribution is -2.25. The van der Waals surface area contributed by atoms with Gasteiger partial charge in [-0.25, -0.2) is 5.43 Å². The molecule has 0 saturated heterocycles. The summed E-state index contributed by atoms with van der Waals surface area (Å²) in [5.41, 5.74) is 3.96. The first-order chi connectivity index (χ1) is 9.79. The van der Waals surface area contributed by atoms with Gasteiger partial charge >= 0.3 is 0 Å². The monoisotopic (exact) mass is 289 g/mol. The van der Waals surface area contributed by atoms with E-state index in [4.69, 9.17) is 0 Å². The van der Waals surface area contributed by atoms with Crippen molar-refractivity contribution in [1.29, 1.82) is 0 Å². The van der Waals surface area contributed by atoms with Gasteiger partial charge in [0.15, 0.2) is 0 Å². The van der Waals surface area contributed by atoms with Crippen LogP contribution in [0.2, 0.25) is 0 Å². The lowest BCUT2D eigenvalue weighted by Gasteiger charge is -2.17. The number of nitrogens with zero attached hydrogens (tertiary/aromatic N) is 1. The molecule has 0 radical (unpaired) electrons. The van der Waals surface area contributed by atoms with Gasteiger partial charge in [-0.3, -0.25) is 9.59 Å². The summed E-state index contributed by atoms with van der Waals surface area (Å²) >= 11 is 0. The van der Waals surface area contributed by atoms with Crippen LogP contribution < -0.4 is 10.7 Å². The molecule has 1 aromatic carbocycles. The molecule has 0 atom stereocenters. The Hall–Kier alpha value is -2.17. The lowest BCUT2D eigenvalue weighted by atomic mass is 9.91. The molecule has 21 heavy (non-hydrogen) atoms. The van der Waals surface area contributed by atoms with Gasteiger partial charge in [0.25, 0.3) is 0 Å². The number of anilines is 1. The SMILES string of the molecule is C/C(=N/NC(=O)CCC(=O)Nc1ccccc1)C(C)(C)C. The molecule has 0 aromatic heterocycles. The number of amides is 2. The molecule has 5 nitrogen and oxygen atoms in total. The first-order valence-corrected chi connectivity index (χ1v) is 6.97. The van der Waals surface area contributed by atoms with Gasteiger partial charge in [-0.1, -0.05) is 39.0 Å².